The van der Waals surface area contributed by atoms with Gasteiger partial charge in [0.05, 0.1) is 17.9 Å². The summed E-state index contributed by atoms with van der Waals surface area (Å²) in [5.74, 6) is -0.577. The minimum atomic E-state index is -0.463. The average Bonchev–Trinajstić information content (AvgIpc) is 2.65. The summed E-state index contributed by atoms with van der Waals surface area (Å²) in [6.45, 7) is 9.39. The SMILES string of the molecule is CC(C)c1[nH]nc(C(=O)NCC(=O)NC(C)(C)C)c1N. The van der Waals surface area contributed by atoms with Gasteiger partial charge in [-0.25, -0.2) is 0 Å². The van der Waals surface area contributed by atoms with E-state index in [0.717, 1.165) is 0 Å². The lowest BCUT2D eigenvalue weighted by atomic mass is 10.1. The highest BCUT2D eigenvalue weighted by atomic mass is 16.2. The van der Waals surface area contributed by atoms with Crippen LogP contribution in [0.2, 0.25) is 0 Å². The Balaban J connectivity index is 2.62. The van der Waals surface area contributed by atoms with Crippen LogP contribution in [0.3, 0.4) is 0 Å². The molecule has 1 rings (SSSR count). The maximum Gasteiger partial charge on any atom is 0.274 e. The Hall–Kier alpha value is -2.05. The molecule has 0 aromatic carbocycles. The Morgan fingerprint density at radius 3 is 2.40 bits per heavy atom. The first kappa shape index (κ1) is 16.0. The van der Waals surface area contributed by atoms with Gasteiger partial charge in [0.25, 0.3) is 5.91 Å². The number of nitrogens with zero attached hydrogens (tertiary/aromatic N) is 1. The molecule has 0 bridgehead atoms. The fourth-order valence-corrected chi connectivity index (χ4v) is 1.68. The van der Waals surface area contributed by atoms with Gasteiger partial charge >= 0.3 is 0 Å². The lowest BCUT2D eigenvalue weighted by Crippen LogP contribution is -2.45. The van der Waals surface area contributed by atoms with Crippen LogP contribution in [0.15, 0.2) is 0 Å². The number of aromatic amines is 1. The highest BCUT2D eigenvalue weighted by Crippen LogP contribution is 2.21. The second-order valence-corrected chi connectivity index (χ2v) is 6.04. The van der Waals surface area contributed by atoms with Crippen molar-refractivity contribution in [2.75, 3.05) is 12.3 Å². The standard InChI is InChI=1S/C13H23N5O2/c1-7(2)10-9(14)11(18-17-10)12(20)15-6-8(19)16-13(3,4)5/h7H,6,14H2,1-5H3,(H,15,20)(H,16,19)(H,17,18). The molecule has 5 N–H and O–H groups in total. The molecule has 0 saturated heterocycles. The predicted octanol–water partition coefficient (Wildman–Crippen LogP) is 0.760. The molecular formula is C13H23N5O2. The van der Waals surface area contributed by atoms with Crippen LogP contribution in [0.1, 0.15) is 56.7 Å². The molecule has 7 heteroatoms. The number of hydrogen-bond acceptors (Lipinski definition) is 4. The number of amides is 2. The van der Waals surface area contributed by atoms with Crippen LogP contribution in [-0.2, 0) is 4.79 Å². The number of carbonyl (C=O) groups is 2. The lowest BCUT2D eigenvalue weighted by Gasteiger charge is -2.20. The maximum absolute atomic E-state index is 11.9. The molecule has 0 unspecified atom stereocenters. The molecule has 20 heavy (non-hydrogen) atoms. The molecule has 1 aromatic rings. The summed E-state index contributed by atoms with van der Waals surface area (Å²) >= 11 is 0. The first-order chi connectivity index (χ1) is 9.11. The average molecular weight is 281 g/mol. The monoisotopic (exact) mass is 281 g/mol. The van der Waals surface area contributed by atoms with E-state index in [1.165, 1.54) is 0 Å². The molecular weight excluding hydrogens is 258 g/mol. The van der Waals surface area contributed by atoms with Gasteiger partial charge in [0, 0.05) is 5.54 Å². The van der Waals surface area contributed by atoms with Gasteiger partial charge in [0.2, 0.25) is 5.91 Å². The Morgan fingerprint density at radius 2 is 1.95 bits per heavy atom. The van der Waals surface area contributed by atoms with Crippen LogP contribution in [-0.4, -0.2) is 34.1 Å². The van der Waals surface area contributed by atoms with Crippen LogP contribution < -0.4 is 16.4 Å². The number of aromatic nitrogens is 2. The third-order valence-corrected chi connectivity index (χ3v) is 2.55. The minimum Gasteiger partial charge on any atom is -0.395 e. The van der Waals surface area contributed by atoms with Crippen LogP contribution in [0.25, 0.3) is 0 Å². The fraction of sp³-hybridized carbons (Fsp3) is 0.615. The first-order valence-corrected chi connectivity index (χ1v) is 6.54. The zero-order valence-corrected chi connectivity index (χ0v) is 12.6. The van der Waals surface area contributed by atoms with E-state index in [1.807, 2.05) is 34.6 Å². The number of nitrogens with one attached hydrogen (secondary N) is 3. The van der Waals surface area contributed by atoms with Gasteiger partial charge in [-0.1, -0.05) is 13.8 Å². The molecule has 0 aliphatic heterocycles. The van der Waals surface area contributed by atoms with Gasteiger partial charge < -0.3 is 16.4 Å². The van der Waals surface area contributed by atoms with Gasteiger partial charge in [-0.05, 0) is 26.7 Å². The highest BCUT2D eigenvalue weighted by molar-refractivity contribution is 5.99. The van der Waals surface area contributed by atoms with E-state index in [9.17, 15) is 9.59 Å². The fourth-order valence-electron chi connectivity index (χ4n) is 1.68. The van der Waals surface area contributed by atoms with Crippen molar-refractivity contribution in [2.45, 2.75) is 46.1 Å². The molecule has 112 valence electrons. The summed E-state index contributed by atoms with van der Waals surface area (Å²) in [7, 11) is 0. The molecule has 2 amide bonds. The molecule has 0 spiro atoms. The third kappa shape index (κ3) is 4.25. The van der Waals surface area contributed by atoms with Gasteiger partial charge in [-0.15, -0.1) is 0 Å². The number of hydrogen-bond donors (Lipinski definition) is 4. The molecule has 0 saturated carbocycles. The predicted molar refractivity (Wildman–Crippen MR) is 77.3 cm³/mol. The summed E-state index contributed by atoms with van der Waals surface area (Å²) < 4.78 is 0. The Kier molecular flexibility index (Phi) is 4.75. The maximum atomic E-state index is 11.9. The Labute approximate surface area is 118 Å². The minimum absolute atomic E-state index is 0.112. The van der Waals surface area contributed by atoms with E-state index in [4.69, 9.17) is 5.73 Å². The first-order valence-electron chi connectivity index (χ1n) is 6.54. The van der Waals surface area contributed by atoms with E-state index in [-0.39, 0.29) is 29.6 Å². The zero-order chi connectivity index (χ0) is 15.5. The van der Waals surface area contributed by atoms with Crippen molar-refractivity contribution in [1.82, 2.24) is 20.8 Å². The summed E-state index contributed by atoms with van der Waals surface area (Å²) in [4.78, 5) is 23.5. The summed E-state index contributed by atoms with van der Waals surface area (Å²) in [5.41, 5.74) is 6.69. The van der Waals surface area contributed by atoms with E-state index in [2.05, 4.69) is 20.8 Å². The number of nitrogens with two attached hydrogens (primary N) is 1. The van der Waals surface area contributed by atoms with E-state index in [0.29, 0.717) is 11.4 Å². The Morgan fingerprint density at radius 1 is 1.35 bits per heavy atom. The van der Waals surface area contributed by atoms with Crippen LogP contribution in [0, 0.1) is 0 Å². The van der Waals surface area contributed by atoms with Crippen molar-refractivity contribution in [3.63, 3.8) is 0 Å². The van der Waals surface area contributed by atoms with Crippen LogP contribution in [0.5, 0.6) is 0 Å². The molecule has 0 aliphatic carbocycles. The van der Waals surface area contributed by atoms with Crippen molar-refractivity contribution >= 4 is 17.5 Å². The van der Waals surface area contributed by atoms with Gasteiger partial charge in [-0.2, -0.15) is 5.10 Å². The summed E-state index contributed by atoms with van der Waals surface area (Å²) in [6, 6.07) is 0. The second-order valence-electron chi connectivity index (χ2n) is 6.04. The number of rotatable bonds is 4. The van der Waals surface area contributed by atoms with Crippen molar-refractivity contribution in [2.24, 2.45) is 0 Å². The van der Waals surface area contributed by atoms with Gasteiger partial charge in [0.1, 0.15) is 0 Å². The van der Waals surface area contributed by atoms with Gasteiger partial charge in [0.15, 0.2) is 5.69 Å². The number of nitrogen functional groups attached to an aromatic ring is 1. The van der Waals surface area contributed by atoms with Crippen LogP contribution in [0.4, 0.5) is 5.69 Å². The van der Waals surface area contributed by atoms with Crippen molar-refractivity contribution in [3.05, 3.63) is 11.4 Å². The molecule has 0 atom stereocenters. The van der Waals surface area contributed by atoms with Crippen molar-refractivity contribution < 1.29 is 9.59 Å². The van der Waals surface area contributed by atoms with Crippen LogP contribution >= 0.6 is 0 Å². The Bertz CT molecular complexity index is 499. The van der Waals surface area contributed by atoms with Crippen molar-refractivity contribution in [1.29, 1.82) is 0 Å². The molecule has 0 aliphatic rings. The van der Waals surface area contributed by atoms with E-state index >= 15 is 0 Å². The summed E-state index contributed by atoms with van der Waals surface area (Å²) in [6.07, 6.45) is 0. The van der Waals surface area contributed by atoms with Gasteiger partial charge in [-0.3, -0.25) is 14.7 Å². The summed E-state index contributed by atoms with van der Waals surface area (Å²) in [5, 5.41) is 11.9. The topological polar surface area (TPSA) is 113 Å². The second kappa shape index (κ2) is 5.94. The largest absolute Gasteiger partial charge is 0.395 e. The molecule has 7 nitrogen and oxygen atoms in total. The lowest BCUT2D eigenvalue weighted by molar-refractivity contribution is -0.121. The quantitative estimate of drug-likeness (QED) is 0.652. The van der Waals surface area contributed by atoms with E-state index in [1.54, 1.807) is 0 Å². The number of H-pyrrole nitrogens is 1. The van der Waals surface area contributed by atoms with E-state index < -0.39 is 5.91 Å². The number of carbonyl (C=O) groups excluding carboxylic acids is 2. The molecule has 0 radical (unpaired) electrons. The van der Waals surface area contributed by atoms with Crippen molar-refractivity contribution in [3.8, 4) is 0 Å². The third-order valence-electron chi connectivity index (χ3n) is 2.55. The number of anilines is 1. The highest BCUT2D eigenvalue weighted by Gasteiger charge is 2.20. The molecule has 1 heterocycles. The molecule has 0 fully saturated rings. The smallest absolute Gasteiger partial charge is 0.274 e. The normalized spacial score (nSPS) is 11.5. The zero-order valence-electron chi connectivity index (χ0n) is 12.6. The molecule has 1 aromatic heterocycles.